The van der Waals surface area contributed by atoms with Crippen molar-refractivity contribution in [2.24, 2.45) is 5.92 Å². The summed E-state index contributed by atoms with van der Waals surface area (Å²) in [4.78, 5) is 41.2. The zero-order chi connectivity index (χ0) is 22.4. The van der Waals surface area contributed by atoms with Gasteiger partial charge in [0, 0.05) is 43.0 Å². The monoisotopic (exact) mass is 421 g/mol. The molecule has 3 amide bonds. The highest BCUT2D eigenvalue weighted by molar-refractivity contribution is 6.06. The van der Waals surface area contributed by atoms with E-state index in [1.54, 1.807) is 34.1 Å². The molecule has 2 aromatic rings. The van der Waals surface area contributed by atoms with Crippen molar-refractivity contribution < 1.29 is 14.4 Å². The van der Waals surface area contributed by atoms with Gasteiger partial charge in [-0.1, -0.05) is 25.5 Å². The van der Waals surface area contributed by atoms with Gasteiger partial charge in [-0.15, -0.1) is 0 Å². The first-order valence-corrected chi connectivity index (χ1v) is 11.0. The van der Waals surface area contributed by atoms with Gasteiger partial charge in [-0.2, -0.15) is 0 Å². The number of anilines is 2. The number of nitrogens with zero attached hydrogens (tertiary/aromatic N) is 2. The van der Waals surface area contributed by atoms with Gasteiger partial charge in [-0.25, -0.2) is 0 Å². The predicted molar refractivity (Wildman–Crippen MR) is 123 cm³/mol. The molecule has 1 heterocycles. The molecule has 0 aromatic heterocycles. The Morgan fingerprint density at radius 1 is 1.13 bits per heavy atom. The number of carbonyl (C=O) groups is 3. The van der Waals surface area contributed by atoms with E-state index in [0.717, 1.165) is 24.1 Å². The molecule has 0 aliphatic carbocycles. The summed E-state index contributed by atoms with van der Waals surface area (Å²) in [5, 5.41) is 2.89. The Morgan fingerprint density at radius 2 is 1.87 bits per heavy atom. The fourth-order valence-corrected chi connectivity index (χ4v) is 3.85. The summed E-state index contributed by atoms with van der Waals surface area (Å²) in [6.45, 7) is 7.78. The van der Waals surface area contributed by atoms with Crippen LogP contribution in [-0.4, -0.2) is 42.3 Å². The Bertz CT molecular complexity index is 939. The highest BCUT2D eigenvalue weighted by Crippen LogP contribution is 2.22. The average Bonchev–Trinajstić information content (AvgIpc) is 3.14. The second kappa shape index (κ2) is 10.2. The predicted octanol–water partition coefficient (Wildman–Crippen LogP) is 4.25. The number of hydrogen-bond donors (Lipinski definition) is 1. The van der Waals surface area contributed by atoms with E-state index < -0.39 is 0 Å². The third kappa shape index (κ3) is 5.51. The third-order valence-corrected chi connectivity index (χ3v) is 5.64. The maximum absolute atomic E-state index is 13.0. The van der Waals surface area contributed by atoms with Crippen LogP contribution in [-0.2, 0) is 9.59 Å². The lowest BCUT2D eigenvalue weighted by atomic mass is 10.1. The van der Waals surface area contributed by atoms with Crippen molar-refractivity contribution in [3.63, 3.8) is 0 Å². The topological polar surface area (TPSA) is 69.7 Å². The number of likely N-dealkylation sites (tertiary alicyclic amines) is 1. The largest absolute Gasteiger partial charge is 0.342 e. The highest BCUT2D eigenvalue weighted by Gasteiger charge is 2.33. The van der Waals surface area contributed by atoms with Crippen LogP contribution in [0.15, 0.2) is 48.5 Å². The molecule has 0 saturated carbocycles. The van der Waals surface area contributed by atoms with Gasteiger partial charge in [0.25, 0.3) is 5.91 Å². The smallest absolute Gasteiger partial charge is 0.258 e. The molecule has 164 valence electrons. The van der Waals surface area contributed by atoms with Crippen molar-refractivity contribution in [1.82, 2.24) is 4.90 Å². The van der Waals surface area contributed by atoms with Crippen LogP contribution in [0.25, 0.3) is 0 Å². The second-order valence-corrected chi connectivity index (χ2v) is 8.05. The number of amides is 3. The summed E-state index contributed by atoms with van der Waals surface area (Å²) in [5.74, 6) is -0.520. The molecular formula is C25H31N3O3. The molecule has 2 aromatic carbocycles. The van der Waals surface area contributed by atoms with Crippen molar-refractivity contribution in [2.45, 2.75) is 40.0 Å². The zero-order valence-corrected chi connectivity index (χ0v) is 18.6. The van der Waals surface area contributed by atoms with E-state index in [4.69, 9.17) is 0 Å². The van der Waals surface area contributed by atoms with Gasteiger partial charge in [-0.05, 0) is 62.2 Å². The van der Waals surface area contributed by atoms with E-state index in [1.165, 1.54) is 0 Å². The van der Waals surface area contributed by atoms with Gasteiger partial charge >= 0.3 is 0 Å². The van der Waals surface area contributed by atoms with Crippen LogP contribution < -0.4 is 10.2 Å². The number of benzene rings is 2. The van der Waals surface area contributed by atoms with Crippen LogP contribution in [0.2, 0.25) is 0 Å². The Kier molecular flexibility index (Phi) is 7.45. The average molecular weight is 422 g/mol. The second-order valence-electron chi connectivity index (χ2n) is 8.05. The standard InChI is InChI=1S/C25H31N3O3/c1-4-6-14-27-17-20(16-23(27)29)24(30)26-21-12-10-19(11-13-21)25(31)28(5-2)22-9-7-8-18(3)15-22/h7-13,15,20H,4-6,14,16-17H2,1-3H3,(H,26,30)/t20-/m1/s1. The van der Waals surface area contributed by atoms with Gasteiger partial charge in [-0.3, -0.25) is 14.4 Å². The van der Waals surface area contributed by atoms with Crippen LogP contribution in [0, 0.1) is 12.8 Å². The van der Waals surface area contributed by atoms with Gasteiger partial charge in [0.1, 0.15) is 0 Å². The first-order chi connectivity index (χ1) is 14.9. The number of rotatable bonds is 8. The molecule has 1 aliphatic heterocycles. The number of unbranched alkanes of at least 4 members (excludes halogenated alkanes) is 1. The van der Waals surface area contributed by atoms with E-state index in [-0.39, 0.29) is 30.1 Å². The Labute approximate surface area is 184 Å². The van der Waals surface area contributed by atoms with Crippen LogP contribution in [0.5, 0.6) is 0 Å². The fraction of sp³-hybridized carbons (Fsp3) is 0.400. The minimum absolute atomic E-state index is 0.0466. The first-order valence-electron chi connectivity index (χ1n) is 11.0. The Morgan fingerprint density at radius 3 is 2.52 bits per heavy atom. The van der Waals surface area contributed by atoms with Gasteiger partial charge < -0.3 is 15.1 Å². The van der Waals surface area contributed by atoms with E-state index in [1.807, 2.05) is 38.1 Å². The molecule has 0 unspecified atom stereocenters. The number of aryl methyl sites for hydroxylation is 1. The Balaban J connectivity index is 1.62. The van der Waals surface area contributed by atoms with E-state index in [0.29, 0.717) is 30.9 Å². The van der Waals surface area contributed by atoms with Crippen molar-refractivity contribution >= 4 is 29.1 Å². The van der Waals surface area contributed by atoms with Crippen molar-refractivity contribution in [1.29, 1.82) is 0 Å². The molecule has 3 rings (SSSR count). The van der Waals surface area contributed by atoms with E-state index in [2.05, 4.69) is 12.2 Å². The van der Waals surface area contributed by atoms with Crippen LogP contribution in [0.1, 0.15) is 49.0 Å². The normalized spacial score (nSPS) is 15.8. The van der Waals surface area contributed by atoms with Gasteiger partial charge in [0.2, 0.25) is 11.8 Å². The number of carbonyl (C=O) groups excluding carboxylic acids is 3. The molecular weight excluding hydrogens is 390 g/mol. The minimum atomic E-state index is -0.331. The van der Waals surface area contributed by atoms with Crippen LogP contribution in [0.4, 0.5) is 11.4 Å². The van der Waals surface area contributed by atoms with Crippen molar-refractivity contribution in [3.05, 3.63) is 59.7 Å². The van der Waals surface area contributed by atoms with Gasteiger partial charge in [0.15, 0.2) is 0 Å². The van der Waals surface area contributed by atoms with Crippen LogP contribution >= 0.6 is 0 Å². The number of hydrogen-bond acceptors (Lipinski definition) is 3. The SMILES string of the molecule is CCCCN1C[C@H](C(=O)Nc2ccc(C(=O)N(CC)c3cccc(C)c3)cc2)CC1=O. The summed E-state index contributed by atoms with van der Waals surface area (Å²) >= 11 is 0. The molecule has 0 bridgehead atoms. The molecule has 0 spiro atoms. The molecule has 1 atom stereocenters. The third-order valence-electron chi connectivity index (χ3n) is 5.64. The summed E-state index contributed by atoms with van der Waals surface area (Å²) in [5.41, 5.74) is 3.15. The zero-order valence-electron chi connectivity index (χ0n) is 18.6. The summed E-state index contributed by atoms with van der Waals surface area (Å²) in [6.07, 6.45) is 2.23. The lowest BCUT2D eigenvalue weighted by Gasteiger charge is -2.21. The van der Waals surface area contributed by atoms with E-state index in [9.17, 15) is 14.4 Å². The maximum atomic E-state index is 13.0. The van der Waals surface area contributed by atoms with Crippen molar-refractivity contribution in [2.75, 3.05) is 29.9 Å². The first kappa shape index (κ1) is 22.5. The highest BCUT2D eigenvalue weighted by atomic mass is 16.2. The lowest BCUT2D eigenvalue weighted by Crippen LogP contribution is -2.30. The van der Waals surface area contributed by atoms with E-state index >= 15 is 0 Å². The minimum Gasteiger partial charge on any atom is -0.342 e. The molecule has 6 heteroatoms. The molecule has 1 fully saturated rings. The molecule has 1 aliphatic rings. The maximum Gasteiger partial charge on any atom is 0.258 e. The summed E-state index contributed by atoms with van der Waals surface area (Å²) in [6, 6.07) is 14.8. The fourth-order valence-electron chi connectivity index (χ4n) is 3.85. The molecule has 31 heavy (non-hydrogen) atoms. The number of nitrogens with one attached hydrogen (secondary N) is 1. The summed E-state index contributed by atoms with van der Waals surface area (Å²) < 4.78 is 0. The van der Waals surface area contributed by atoms with Gasteiger partial charge in [0.05, 0.1) is 5.92 Å². The Hall–Kier alpha value is -3.15. The molecule has 1 N–H and O–H groups in total. The van der Waals surface area contributed by atoms with Crippen LogP contribution in [0.3, 0.4) is 0 Å². The van der Waals surface area contributed by atoms with Crippen molar-refractivity contribution in [3.8, 4) is 0 Å². The lowest BCUT2D eigenvalue weighted by molar-refractivity contribution is -0.128. The quantitative estimate of drug-likeness (QED) is 0.693. The molecule has 6 nitrogen and oxygen atoms in total. The molecule has 1 saturated heterocycles. The summed E-state index contributed by atoms with van der Waals surface area (Å²) in [7, 11) is 0. The molecule has 0 radical (unpaired) electrons.